The van der Waals surface area contributed by atoms with E-state index in [-0.39, 0.29) is 0 Å². The smallest absolute Gasteiger partial charge is 0.0631 e. The number of hydrogen-bond acceptors (Lipinski definition) is 1. The lowest BCUT2D eigenvalue weighted by atomic mass is 10.2. The van der Waals surface area contributed by atoms with E-state index in [9.17, 15) is 0 Å². The van der Waals surface area contributed by atoms with Crippen molar-refractivity contribution in [3.8, 4) is 0 Å². The van der Waals surface area contributed by atoms with Gasteiger partial charge in [-0.1, -0.05) is 16.7 Å². The predicted octanol–water partition coefficient (Wildman–Crippen LogP) is 3.76. The number of nitrogens with zero attached hydrogens (tertiary/aromatic N) is 3. The van der Waals surface area contributed by atoms with Crippen LogP contribution in [-0.4, -0.2) is 4.98 Å². The Hall–Kier alpha value is -1.64. The summed E-state index contributed by atoms with van der Waals surface area (Å²) in [5, 5.41) is 5.04. The average Bonchev–Trinajstić information content (AvgIpc) is 2.52. The Kier molecular flexibility index (Phi) is 1.85. The Morgan fingerprint density at radius 1 is 1.46 bits per heavy atom. The van der Waals surface area contributed by atoms with Crippen LogP contribution >= 0.6 is 11.6 Å². The fraction of sp³-hybridized carbons (Fsp3) is 0. The fourth-order valence-corrected chi connectivity index (χ4v) is 1.46. The highest BCUT2D eigenvalue weighted by atomic mass is 35.5. The van der Waals surface area contributed by atoms with Gasteiger partial charge in [-0.15, -0.1) is 0 Å². The molecular weight excluding hydrogens is 188 g/mol. The number of halogens is 1. The molecule has 2 aromatic rings. The highest BCUT2D eigenvalue weighted by Gasteiger charge is 2.01. The lowest BCUT2D eigenvalue weighted by molar-refractivity contribution is 1.43. The molecule has 0 bridgehead atoms. The summed E-state index contributed by atoms with van der Waals surface area (Å²) >= 11 is 5.82. The van der Waals surface area contributed by atoms with E-state index in [0.29, 0.717) is 10.7 Å². The Balaban J connectivity index is 2.84. The van der Waals surface area contributed by atoms with Gasteiger partial charge in [-0.2, -0.15) is 0 Å². The molecule has 1 heterocycles. The molecule has 64 valence electrons. The zero-order valence-electron chi connectivity index (χ0n) is 6.53. The molecule has 0 aliphatic carbocycles. The summed E-state index contributed by atoms with van der Waals surface area (Å²) < 4.78 is 0. The van der Waals surface area contributed by atoms with Crippen molar-refractivity contribution in [3.05, 3.63) is 39.9 Å². The van der Waals surface area contributed by atoms with Gasteiger partial charge in [0.05, 0.1) is 11.2 Å². The van der Waals surface area contributed by atoms with Crippen molar-refractivity contribution in [2.75, 3.05) is 0 Å². The van der Waals surface area contributed by atoms with Gasteiger partial charge in [-0.05, 0) is 23.7 Å². The first kappa shape index (κ1) is 7.98. The molecule has 0 spiro atoms. The van der Waals surface area contributed by atoms with Gasteiger partial charge in [0.2, 0.25) is 0 Å². The molecule has 0 aliphatic rings. The van der Waals surface area contributed by atoms with E-state index in [4.69, 9.17) is 17.1 Å². The normalized spacial score (nSPS) is 9.92. The second kappa shape index (κ2) is 3.01. The molecule has 0 aliphatic heterocycles. The Labute approximate surface area is 78.8 Å². The molecule has 1 aromatic heterocycles. The average molecular weight is 193 g/mol. The van der Waals surface area contributed by atoms with Crippen molar-refractivity contribution in [1.29, 1.82) is 0 Å². The van der Waals surface area contributed by atoms with Crippen LogP contribution in [0.1, 0.15) is 0 Å². The first-order valence-electron chi connectivity index (χ1n) is 3.63. The van der Waals surface area contributed by atoms with Crippen molar-refractivity contribution in [2.45, 2.75) is 0 Å². The van der Waals surface area contributed by atoms with Crippen LogP contribution in [0.3, 0.4) is 0 Å². The third kappa shape index (κ3) is 1.33. The first-order chi connectivity index (χ1) is 6.31. The summed E-state index contributed by atoms with van der Waals surface area (Å²) in [6.07, 6.45) is 1.78. The molecule has 1 aromatic carbocycles. The standard InChI is InChI=1S/C8H5ClN4/c9-6-3-5-1-2-11-8(5)7(4-6)12-13-10/h1-4,11H. The minimum absolute atomic E-state index is 0.523. The number of rotatable bonds is 1. The summed E-state index contributed by atoms with van der Waals surface area (Å²) in [4.78, 5) is 5.70. The highest BCUT2D eigenvalue weighted by Crippen LogP contribution is 2.28. The van der Waals surface area contributed by atoms with Crippen molar-refractivity contribution in [3.63, 3.8) is 0 Å². The van der Waals surface area contributed by atoms with Crippen molar-refractivity contribution >= 4 is 28.2 Å². The first-order valence-corrected chi connectivity index (χ1v) is 4.01. The number of fused-ring (bicyclic) bond motifs is 1. The summed E-state index contributed by atoms with van der Waals surface area (Å²) in [7, 11) is 0. The number of azide groups is 1. The van der Waals surface area contributed by atoms with Gasteiger partial charge in [-0.25, -0.2) is 0 Å². The Bertz CT molecular complexity index is 496. The molecule has 0 fully saturated rings. The Morgan fingerprint density at radius 3 is 3.08 bits per heavy atom. The number of hydrogen-bond donors (Lipinski definition) is 1. The second-order valence-electron chi connectivity index (χ2n) is 2.56. The van der Waals surface area contributed by atoms with Gasteiger partial charge >= 0.3 is 0 Å². The summed E-state index contributed by atoms with van der Waals surface area (Å²) in [5.41, 5.74) is 9.64. The Morgan fingerprint density at radius 2 is 2.31 bits per heavy atom. The third-order valence-electron chi connectivity index (χ3n) is 1.76. The number of aromatic nitrogens is 1. The summed E-state index contributed by atoms with van der Waals surface area (Å²) in [5.74, 6) is 0. The zero-order chi connectivity index (χ0) is 9.26. The van der Waals surface area contributed by atoms with Crippen LogP contribution in [0, 0.1) is 0 Å². The van der Waals surface area contributed by atoms with E-state index in [0.717, 1.165) is 10.9 Å². The van der Waals surface area contributed by atoms with Gasteiger partial charge in [0.15, 0.2) is 0 Å². The van der Waals surface area contributed by atoms with Gasteiger partial charge in [0.25, 0.3) is 0 Å². The van der Waals surface area contributed by atoms with Crippen LogP contribution in [0.5, 0.6) is 0 Å². The lowest BCUT2D eigenvalue weighted by Crippen LogP contribution is -1.70. The van der Waals surface area contributed by atoms with E-state index >= 15 is 0 Å². The monoisotopic (exact) mass is 192 g/mol. The number of benzene rings is 1. The van der Waals surface area contributed by atoms with Crippen molar-refractivity contribution in [1.82, 2.24) is 4.98 Å². The molecule has 13 heavy (non-hydrogen) atoms. The van der Waals surface area contributed by atoms with E-state index in [2.05, 4.69) is 15.0 Å². The minimum atomic E-state index is 0.523. The van der Waals surface area contributed by atoms with E-state index in [1.54, 1.807) is 12.3 Å². The molecule has 1 N–H and O–H groups in total. The minimum Gasteiger partial charge on any atom is -0.361 e. The molecule has 2 rings (SSSR count). The highest BCUT2D eigenvalue weighted by molar-refractivity contribution is 6.31. The molecule has 4 nitrogen and oxygen atoms in total. The maximum Gasteiger partial charge on any atom is 0.0631 e. The maximum absolute atomic E-state index is 8.31. The van der Waals surface area contributed by atoms with E-state index < -0.39 is 0 Å². The van der Waals surface area contributed by atoms with E-state index in [1.807, 2.05) is 12.1 Å². The molecular formula is C8H5ClN4. The molecule has 0 amide bonds. The molecule has 0 saturated carbocycles. The molecule has 0 saturated heterocycles. The fourth-order valence-electron chi connectivity index (χ4n) is 1.24. The van der Waals surface area contributed by atoms with E-state index in [1.165, 1.54) is 0 Å². The topological polar surface area (TPSA) is 64.6 Å². The second-order valence-corrected chi connectivity index (χ2v) is 2.99. The molecule has 0 atom stereocenters. The molecule has 0 radical (unpaired) electrons. The van der Waals surface area contributed by atoms with Crippen molar-refractivity contribution in [2.24, 2.45) is 5.11 Å². The van der Waals surface area contributed by atoms with Gasteiger partial charge in [-0.3, -0.25) is 0 Å². The van der Waals surface area contributed by atoms with Gasteiger partial charge in [0.1, 0.15) is 0 Å². The van der Waals surface area contributed by atoms with Crippen LogP contribution in [0.2, 0.25) is 5.02 Å². The van der Waals surface area contributed by atoms with Crippen LogP contribution in [0.15, 0.2) is 29.5 Å². The third-order valence-corrected chi connectivity index (χ3v) is 1.97. The number of H-pyrrole nitrogens is 1. The SMILES string of the molecule is [N-]=[N+]=Nc1cc(Cl)cc2cc[nH]c12. The predicted molar refractivity (Wildman–Crippen MR) is 52.1 cm³/mol. The lowest BCUT2D eigenvalue weighted by Gasteiger charge is -1.96. The van der Waals surface area contributed by atoms with Crippen LogP contribution in [0.4, 0.5) is 5.69 Å². The van der Waals surface area contributed by atoms with Gasteiger partial charge in [0, 0.05) is 21.5 Å². The molecule has 5 heteroatoms. The number of aromatic amines is 1. The quantitative estimate of drug-likeness (QED) is 0.406. The largest absolute Gasteiger partial charge is 0.361 e. The van der Waals surface area contributed by atoms with Crippen LogP contribution in [0.25, 0.3) is 21.3 Å². The number of nitrogens with one attached hydrogen (secondary N) is 1. The summed E-state index contributed by atoms with van der Waals surface area (Å²) in [6.45, 7) is 0. The molecule has 0 unspecified atom stereocenters. The van der Waals surface area contributed by atoms with Crippen LogP contribution < -0.4 is 0 Å². The summed E-state index contributed by atoms with van der Waals surface area (Å²) in [6, 6.07) is 5.31. The maximum atomic E-state index is 8.31. The zero-order valence-corrected chi connectivity index (χ0v) is 7.28. The van der Waals surface area contributed by atoms with Gasteiger partial charge < -0.3 is 4.98 Å². The van der Waals surface area contributed by atoms with Crippen LogP contribution in [-0.2, 0) is 0 Å². The van der Waals surface area contributed by atoms with Crippen molar-refractivity contribution < 1.29 is 0 Å².